The zero-order chi connectivity index (χ0) is 28.1. The van der Waals surface area contributed by atoms with E-state index in [0.29, 0.717) is 35.0 Å². The molecule has 1 saturated heterocycles. The Balaban J connectivity index is 1.26. The molecule has 1 amide bonds. The van der Waals surface area contributed by atoms with E-state index >= 15 is 0 Å². The molecule has 4 aromatic rings. The van der Waals surface area contributed by atoms with Gasteiger partial charge in [0.2, 0.25) is 0 Å². The number of carbonyl (C=O) groups excluding carboxylic acids is 1. The lowest BCUT2D eigenvalue weighted by Gasteiger charge is -2.33. The molecule has 0 bridgehead atoms. The maximum atomic E-state index is 13.4. The van der Waals surface area contributed by atoms with Crippen LogP contribution < -0.4 is 16.0 Å². The number of hydrogen-bond donors (Lipinski definition) is 3. The summed E-state index contributed by atoms with van der Waals surface area (Å²) in [6, 6.07) is 27.6. The molecule has 6 nitrogen and oxygen atoms in total. The van der Waals surface area contributed by atoms with Gasteiger partial charge in [0, 0.05) is 30.1 Å². The fourth-order valence-corrected chi connectivity index (χ4v) is 5.37. The van der Waals surface area contributed by atoms with E-state index in [1.807, 2.05) is 42.5 Å². The summed E-state index contributed by atoms with van der Waals surface area (Å²) in [5.74, 6) is 1.41. The molecule has 3 aromatic carbocycles. The van der Waals surface area contributed by atoms with Crippen molar-refractivity contribution in [3.05, 3.63) is 117 Å². The van der Waals surface area contributed by atoms with Crippen LogP contribution in [0.25, 0.3) is 11.3 Å². The lowest BCUT2D eigenvalue weighted by molar-refractivity contribution is 0.0924. The first-order valence-corrected chi connectivity index (χ1v) is 14.0. The number of hydrogen-bond acceptors (Lipinski definition) is 5. The predicted octanol–water partition coefficient (Wildman–Crippen LogP) is 6.51. The molecule has 1 aliphatic rings. The average molecular weight is 553 g/mol. The maximum absolute atomic E-state index is 13.4. The molecular formula is C33H33ClN4O2. The number of aryl methyl sites for hydroxylation is 1. The van der Waals surface area contributed by atoms with Crippen LogP contribution >= 0.6 is 11.6 Å². The minimum atomic E-state index is -0.223. The van der Waals surface area contributed by atoms with Crippen LogP contribution in [0.1, 0.15) is 63.7 Å². The standard InChI is InChI=1S/C33H33ClN4O2/c1-21-3-7-24(8-4-21)22(2)37-19-27-12-14-32(40-27)26-11-13-30(34)29(17-26)33(39)38-31-20-36-16-15-28(31)25-9-5-23(18-35)6-10-25/h3-14,17,22,28,31,36-37H,15-16,19-20H2,1-2H3,(H,38,39)/t22-,28-,31-/m1/s1. The second kappa shape index (κ2) is 12.5. The highest BCUT2D eigenvalue weighted by Gasteiger charge is 2.28. The number of piperidine rings is 1. The molecule has 0 aliphatic carbocycles. The van der Waals surface area contributed by atoms with Crippen molar-refractivity contribution in [1.82, 2.24) is 16.0 Å². The Hall–Kier alpha value is -3.89. The first-order chi connectivity index (χ1) is 19.4. The summed E-state index contributed by atoms with van der Waals surface area (Å²) < 4.78 is 6.12. The summed E-state index contributed by atoms with van der Waals surface area (Å²) in [5, 5.41) is 19.6. The maximum Gasteiger partial charge on any atom is 0.253 e. The van der Waals surface area contributed by atoms with E-state index in [-0.39, 0.29) is 23.9 Å². The Labute approximate surface area is 240 Å². The van der Waals surface area contributed by atoms with Crippen LogP contribution in [0.5, 0.6) is 0 Å². The number of carbonyl (C=O) groups is 1. The van der Waals surface area contributed by atoms with E-state index in [2.05, 4.69) is 60.1 Å². The SMILES string of the molecule is Cc1ccc([C@@H](C)NCc2ccc(-c3ccc(Cl)c(C(=O)N[C@@H]4CNCC[C@@H]4c4ccc(C#N)cc4)c3)o2)cc1. The highest BCUT2D eigenvalue weighted by molar-refractivity contribution is 6.34. The molecular weight excluding hydrogens is 520 g/mol. The largest absolute Gasteiger partial charge is 0.460 e. The molecule has 40 heavy (non-hydrogen) atoms. The van der Waals surface area contributed by atoms with Crippen molar-refractivity contribution in [1.29, 1.82) is 5.26 Å². The Morgan fingerprint density at radius 3 is 2.62 bits per heavy atom. The third-order valence-electron chi connectivity index (χ3n) is 7.58. The van der Waals surface area contributed by atoms with E-state index in [9.17, 15) is 4.79 Å². The van der Waals surface area contributed by atoms with Crippen molar-refractivity contribution in [2.45, 2.75) is 44.8 Å². The van der Waals surface area contributed by atoms with E-state index in [1.54, 1.807) is 12.1 Å². The van der Waals surface area contributed by atoms with Gasteiger partial charge in [-0.05, 0) is 80.4 Å². The van der Waals surface area contributed by atoms with Gasteiger partial charge in [0.05, 0.1) is 28.8 Å². The van der Waals surface area contributed by atoms with Crippen LogP contribution in [0, 0.1) is 18.3 Å². The topological polar surface area (TPSA) is 90.1 Å². The molecule has 1 fully saturated rings. The molecule has 0 saturated carbocycles. The summed E-state index contributed by atoms with van der Waals surface area (Å²) >= 11 is 6.49. The van der Waals surface area contributed by atoms with Crippen LogP contribution in [0.3, 0.4) is 0 Å². The van der Waals surface area contributed by atoms with Gasteiger partial charge < -0.3 is 20.4 Å². The summed E-state index contributed by atoms with van der Waals surface area (Å²) in [4.78, 5) is 13.4. The summed E-state index contributed by atoms with van der Waals surface area (Å²) in [7, 11) is 0. The van der Waals surface area contributed by atoms with Crippen molar-refractivity contribution in [2.24, 2.45) is 0 Å². The van der Waals surface area contributed by atoms with Crippen LogP contribution in [0.2, 0.25) is 5.02 Å². The molecule has 3 atom stereocenters. The lowest BCUT2D eigenvalue weighted by atomic mass is 9.85. The van der Waals surface area contributed by atoms with Crippen molar-refractivity contribution in [3.8, 4) is 17.4 Å². The fourth-order valence-electron chi connectivity index (χ4n) is 5.17. The zero-order valence-electron chi connectivity index (χ0n) is 22.7. The van der Waals surface area contributed by atoms with Gasteiger partial charge >= 0.3 is 0 Å². The summed E-state index contributed by atoms with van der Waals surface area (Å²) in [5.41, 5.74) is 5.40. The van der Waals surface area contributed by atoms with E-state index in [4.69, 9.17) is 21.3 Å². The first kappa shape index (κ1) is 27.7. The Morgan fingerprint density at radius 2 is 1.88 bits per heavy atom. The van der Waals surface area contributed by atoms with Gasteiger partial charge in [0.1, 0.15) is 11.5 Å². The molecule has 3 N–H and O–H groups in total. The molecule has 0 spiro atoms. The van der Waals surface area contributed by atoms with Crippen LogP contribution in [-0.2, 0) is 6.54 Å². The van der Waals surface area contributed by atoms with Crippen molar-refractivity contribution in [3.63, 3.8) is 0 Å². The first-order valence-electron chi connectivity index (χ1n) is 13.6. The molecule has 2 heterocycles. The van der Waals surface area contributed by atoms with Gasteiger partial charge in [0.15, 0.2) is 0 Å². The van der Waals surface area contributed by atoms with Crippen molar-refractivity contribution < 1.29 is 9.21 Å². The van der Waals surface area contributed by atoms with Gasteiger partial charge in [-0.2, -0.15) is 5.26 Å². The minimum Gasteiger partial charge on any atom is -0.460 e. The average Bonchev–Trinajstić information content (AvgIpc) is 3.46. The number of amides is 1. The van der Waals surface area contributed by atoms with E-state index in [1.165, 1.54) is 11.1 Å². The van der Waals surface area contributed by atoms with Gasteiger partial charge in [-0.1, -0.05) is 53.6 Å². The molecule has 1 aliphatic heterocycles. The zero-order valence-corrected chi connectivity index (χ0v) is 23.5. The minimum absolute atomic E-state index is 0.106. The van der Waals surface area contributed by atoms with Crippen LogP contribution in [-0.4, -0.2) is 25.0 Å². The van der Waals surface area contributed by atoms with E-state index in [0.717, 1.165) is 29.9 Å². The number of nitrogens with one attached hydrogen (secondary N) is 3. The number of nitriles is 1. The van der Waals surface area contributed by atoms with Gasteiger partial charge in [-0.3, -0.25) is 4.79 Å². The Kier molecular flexibility index (Phi) is 8.66. The van der Waals surface area contributed by atoms with Gasteiger partial charge in [-0.25, -0.2) is 0 Å². The van der Waals surface area contributed by atoms with Crippen LogP contribution in [0.4, 0.5) is 0 Å². The molecule has 5 rings (SSSR count). The number of furan rings is 1. The molecule has 1 aromatic heterocycles. The Bertz CT molecular complexity index is 1500. The van der Waals surface area contributed by atoms with Crippen LogP contribution in [0.15, 0.2) is 83.3 Å². The molecule has 204 valence electrons. The van der Waals surface area contributed by atoms with Gasteiger partial charge in [-0.15, -0.1) is 0 Å². The monoisotopic (exact) mass is 552 g/mol. The number of halogens is 1. The smallest absolute Gasteiger partial charge is 0.253 e. The predicted molar refractivity (Wildman–Crippen MR) is 158 cm³/mol. The molecule has 0 unspecified atom stereocenters. The summed E-state index contributed by atoms with van der Waals surface area (Å²) in [6.07, 6.45) is 0.885. The molecule has 0 radical (unpaired) electrons. The van der Waals surface area contributed by atoms with E-state index < -0.39 is 0 Å². The molecule has 7 heteroatoms. The lowest BCUT2D eigenvalue weighted by Crippen LogP contribution is -2.50. The third kappa shape index (κ3) is 6.46. The van der Waals surface area contributed by atoms with Crippen molar-refractivity contribution >= 4 is 17.5 Å². The highest BCUT2D eigenvalue weighted by atomic mass is 35.5. The van der Waals surface area contributed by atoms with Crippen molar-refractivity contribution in [2.75, 3.05) is 13.1 Å². The Morgan fingerprint density at radius 1 is 1.10 bits per heavy atom. The summed E-state index contributed by atoms with van der Waals surface area (Å²) in [6.45, 7) is 6.32. The quantitative estimate of drug-likeness (QED) is 0.232. The number of rotatable bonds is 8. The number of benzene rings is 3. The highest BCUT2D eigenvalue weighted by Crippen LogP contribution is 2.29. The second-order valence-electron chi connectivity index (χ2n) is 10.4. The second-order valence-corrected chi connectivity index (χ2v) is 10.8. The van der Waals surface area contributed by atoms with Gasteiger partial charge in [0.25, 0.3) is 5.91 Å². The third-order valence-corrected chi connectivity index (χ3v) is 7.91. The fraction of sp³-hybridized carbons (Fsp3) is 0.273. The normalized spacial score (nSPS) is 17.6. The number of nitrogens with zero attached hydrogens (tertiary/aromatic N) is 1.